The number of nitrogens with zero attached hydrogens (tertiary/aromatic N) is 1. The van der Waals surface area contributed by atoms with Crippen molar-refractivity contribution in [3.05, 3.63) is 24.3 Å². The molecule has 1 aromatic carbocycles. The molecule has 0 radical (unpaired) electrons. The normalized spacial score (nSPS) is 19.8. The highest BCUT2D eigenvalue weighted by molar-refractivity contribution is 5.49. The van der Waals surface area contributed by atoms with Crippen LogP contribution in [-0.2, 0) is 0 Å². The van der Waals surface area contributed by atoms with Crippen molar-refractivity contribution in [2.24, 2.45) is 0 Å². The van der Waals surface area contributed by atoms with E-state index in [4.69, 9.17) is 4.74 Å². The number of methoxy groups -OCH3 is 1. The van der Waals surface area contributed by atoms with Crippen molar-refractivity contribution in [3.8, 4) is 5.75 Å². The summed E-state index contributed by atoms with van der Waals surface area (Å²) in [6, 6.07) is 8.34. The second-order valence-corrected chi connectivity index (χ2v) is 5.28. The molecule has 0 aromatic heterocycles. The fraction of sp³-hybridized carbons (Fsp3) is 0.571. The molecule has 1 fully saturated rings. The largest absolute Gasteiger partial charge is 0.497 e. The van der Waals surface area contributed by atoms with Gasteiger partial charge in [0, 0.05) is 24.3 Å². The average molecular weight is 234 g/mol. The van der Waals surface area contributed by atoms with Crippen LogP contribution in [-0.4, -0.2) is 32.3 Å². The minimum atomic E-state index is 0.177. The number of hydrogen-bond acceptors (Lipinski definition) is 3. The van der Waals surface area contributed by atoms with Gasteiger partial charge < -0.3 is 15.0 Å². The van der Waals surface area contributed by atoms with Gasteiger partial charge in [0.15, 0.2) is 0 Å². The number of nitrogens with one attached hydrogen (secondary N) is 1. The van der Waals surface area contributed by atoms with Gasteiger partial charge in [0.25, 0.3) is 0 Å². The van der Waals surface area contributed by atoms with Crippen LogP contribution in [0.1, 0.15) is 20.3 Å². The second kappa shape index (κ2) is 4.96. The van der Waals surface area contributed by atoms with Crippen molar-refractivity contribution in [3.63, 3.8) is 0 Å². The van der Waals surface area contributed by atoms with Crippen LogP contribution < -0.4 is 15.0 Å². The molecule has 0 spiro atoms. The molecule has 3 nitrogen and oxygen atoms in total. The van der Waals surface area contributed by atoms with Crippen molar-refractivity contribution in [2.75, 3.05) is 31.6 Å². The fourth-order valence-corrected chi connectivity index (χ4v) is 2.32. The minimum Gasteiger partial charge on any atom is -0.497 e. The Bertz CT molecular complexity index is 359. The highest BCUT2D eigenvalue weighted by Gasteiger charge is 2.23. The van der Waals surface area contributed by atoms with Gasteiger partial charge in [0.05, 0.1) is 7.11 Å². The highest BCUT2D eigenvalue weighted by atomic mass is 16.5. The van der Waals surface area contributed by atoms with Crippen LogP contribution >= 0.6 is 0 Å². The smallest absolute Gasteiger partial charge is 0.119 e. The molecular weight excluding hydrogens is 212 g/mol. The zero-order valence-electron chi connectivity index (χ0n) is 11.0. The quantitative estimate of drug-likeness (QED) is 0.849. The van der Waals surface area contributed by atoms with Gasteiger partial charge in [-0.1, -0.05) is 0 Å². The Morgan fingerprint density at radius 3 is 2.59 bits per heavy atom. The lowest BCUT2D eigenvalue weighted by atomic mass is 10.1. The SMILES string of the molecule is COc1ccc(N2CCCNC(C)(C)C2)cc1. The molecule has 1 heterocycles. The standard InChI is InChI=1S/C14H22N2O/c1-14(2)11-16(10-4-9-15-14)12-5-7-13(17-3)8-6-12/h5-8,15H,4,9-11H2,1-3H3. The third-order valence-corrected chi connectivity index (χ3v) is 3.23. The van der Waals surface area contributed by atoms with Crippen molar-refractivity contribution in [1.82, 2.24) is 5.32 Å². The van der Waals surface area contributed by atoms with E-state index in [0.29, 0.717) is 0 Å². The van der Waals surface area contributed by atoms with Crippen LogP contribution in [0.2, 0.25) is 0 Å². The van der Waals surface area contributed by atoms with Gasteiger partial charge in [-0.2, -0.15) is 0 Å². The summed E-state index contributed by atoms with van der Waals surface area (Å²) in [7, 11) is 1.70. The van der Waals surface area contributed by atoms with Crippen molar-refractivity contribution in [2.45, 2.75) is 25.8 Å². The first-order valence-electron chi connectivity index (χ1n) is 6.25. The summed E-state index contributed by atoms with van der Waals surface area (Å²) in [5.74, 6) is 0.918. The molecule has 2 rings (SSSR count). The monoisotopic (exact) mass is 234 g/mol. The third kappa shape index (κ3) is 3.13. The van der Waals surface area contributed by atoms with Crippen molar-refractivity contribution in [1.29, 1.82) is 0 Å². The topological polar surface area (TPSA) is 24.5 Å². The van der Waals surface area contributed by atoms with Gasteiger partial charge in [-0.3, -0.25) is 0 Å². The number of rotatable bonds is 2. The van der Waals surface area contributed by atoms with E-state index in [-0.39, 0.29) is 5.54 Å². The first kappa shape index (κ1) is 12.2. The van der Waals surface area contributed by atoms with Gasteiger partial charge in [-0.25, -0.2) is 0 Å². The first-order valence-corrected chi connectivity index (χ1v) is 6.25. The lowest BCUT2D eigenvalue weighted by Crippen LogP contribution is -2.46. The Balaban J connectivity index is 2.14. The molecule has 3 heteroatoms. The van der Waals surface area contributed by atoms with Gasteiger partial charge in [0.1, 0.15) is 5.75 Å². The average Bonchev–Trinajstić information content (AvgIpc) is 2.50. The van der Waals surface area contributed by atoms with Crippen molar-refractivity contribution < 1.29 is 4.74 Å². The Morgan fingerprint density at radius 1 is 1.24 bits per heavy atom. The maximum Gasteiger partial charge on any atom is 0.119 e. The van der Waals surface area contributed by atoms with Crippen LogP contribution in [0.25, 0.3) is 0 Å². The van der Waals surface area contributed by atoms with Gasteiger partial charge in [-0.05, 0) is 51.1 Å². The van der Waals surface area contributed by atoms with E-state index in [0.717, 1.165) is 25.4 Å². The zero-order chi connectivity index (χ0) is 12.3. The molecule has 94 valence electrons. The Morgan fingerprint density at radius 2 is 1.94 bits per heavy atom. The fourth-order valence-electron chi connectivity index (χ4n) is 2.32. The summed E-state index contributed by atoms with van der Waals surface area (Å²) < 4.78 is 5.19. The molecular formula is C14H22N2O. The van der Waals surface area contributed by atoms with Crippen LogP contribution in [0.5, 0.6) is 5.75 Å². The number of anilines is 1. The van der Waals surface area contributed by atoms with E-state index in [1.807, 2.05) is 12.1 Å². The summed E-state index contributed by atoms with van der Waals surface area (Å²) >= 11 is 0. The molecule has 1 aliphatic rings. The van der Waals surface area contributed by atoms with Crippen LogP contribution in [0.15, 0.2) is 24.3 Å². The van der Waals surface area contributed by atoms with E-state index in [1.165, 1.54) is 12.1 Å². The predicted molar refractivity (Wildman–Crippen MR) is 71.9 cm³/mol. The molecule has 1 aromatic rings. The molecule has 1 N–H and O–H groups in total. The van der Waals surface area contributed by atoms with E-state index in [9.17, 15) is 0 Å². The summed E-state index contributed by atoms with van der Waals surface area (Å²) in [5, 5.41) is 3.58. The van der Waals surface area contributed by atoms with Gasteiger partial charge in [-0.15, -0.1) is 0 Å². The predicted octanol–water partition coefficient (Wildman–Crippen LogP) is 2.27. The van der Waals surface area contributed by atoms with Crippen LogP contribution in [0, 0.1) is 0 Å². The Labute approximate surface area is 104 Å². The summed E-state index contributed by atoms with van der Waals surface area (Å²) in [6.45, 7) is 7.77. The highest BCUT2D eigenvalue weighted by Crippen LogP contribution is 2.22. The maximum absolute atomic E-state index is 5.19. The molecule has 0 unspecified atom stereocenters. The molecule has 0 amide bonds. The minimum absolute atomic E-state index is 0.177. The molecule has 1 aliphatic heterocycles. The number of benzene rings is 1. The lowest BCUT2D eigenvalue weighted by Gasteiger charge is -2.31. The Kier molecular flexibility index (Phi) is 3.57. The summed E-state index contributed by atoms with van der Waals surface area (Å²) in [4.78, 5) is 2.44. The molecule has 0 saturated carbocycles. The van der Waals surface area contributed by atoms with E-state index >= 15 is 0 Å². The number of hydrogen-bond donors (Lipinski definition) is 1. The van der Waals surface area contributed by atoms with Crippen molar-refractivity contribution >= 4 is 5.69 Å². The van der Waals surface area contributed by atoms with E-state index in [1.54, 1.807) is 7.11 Å². The van der Waals surface area contributed by atoms with Crippen LogP contribution in [0.4, 0.5) is 5.69 Å². The van der Waals surface area contributed by atoms with Crippen LogP contribution in [0.3, 0.4) is 0 Å². The number of ether oxygens (including phenoxy) is 1. The van der Waals surface area contributed by atoms with Gasteiger partial charge in [0.2, 0.25) is 0 Å². The van der Waals surface area contributed by atoms with Gasteiger partial charge >= 0.3 is 0 Å². The molecule has 17 heavy (non-hydrogen) atoms. The van der Waals surface area contributed by atoms with E-state index < -0.39 is 0 Å². The molecule has 0 bridgehead atoms. The molecule has 0 aliphatic carbocycles. The molecule has 0 atom stereocenters. The maximum atomic E-state index is 5.19. The lowest BCUT2D eigenvalue weighted by molar-refractivity contribution is 0.413. The zero-order valence-corrected chi connectivity index (χ0v) is 11.0. The first-order chi connectivity index (χ1) is 8.11. The van der Waals surface area contributed by atoms with E-state index in [2.05, 4.69) is 36.2 Å². The third-order valence-electron chi connectivity index (χ3n) is 3.23. The summed E-state index contributed by atoms with van der Waals surface area (Å²) in [6.07, 6.45) is 1.19. The second-order valence-electron chi connectivity index (χ2n) is 5.28. The molecule has 1 saturated heterocycles. The Hall–Kier alpha value is -1.22. The summed E-state index contributed by atoms with van der Waals surface area (Å²) in [5.41, 5.74) is 1.46.